The van der Waals surface area contributed by atoms with E-state index in [1.807, 2.05) is 0 Å². The molecule has 2 heteroatoms. The van der Waals surface area contributed by atoms with Crippen LogP contribution in [-0.4, -0.2) is 31.1 Å². The second-order valence-electron chi connectivity index (χ2n) is 3.57. The Morgan fingerprint density at radius 3 is 2.50 bits per heavy atom. The third kappa shape index (κ3) is 2.32. The number of piperidine rings is 1. The third-order valence-electron chi connectivity index (χ3n) is 2.87. The Morgan fingerprint density at radius 1 is 1.50 bits per heavy atom. The lowest BCUT2D eigenvalue weighted by molar-refractivity contribution is 0.207. The van der Waals surface area contributed by atoms with E-state index >= 15 is 0 Å². The van der Waals surface area contributed by atoms with Crippen molar-refractivity contribution in [3.05, 3.63) is 12.2 Å². The molecule has 1 aliphatic rings. The van der Waals surface area contributed by atoms with E-state index in [0.29, 0.717) is 12.5 Å². The van der Waals surface area contributed by atoms with E-state index in [2.05, 4.69) is 18.4 Å². The second kappa shape index (κ2) is 4.63. The number of nitrogens with two attached hydrogens (primary N) is 1. The van der Waals surface area contributed by atoms with Crippen LogP contribution >= 0.6 is 0 Å². The van der Waals surface area contributed by atoms with Gasteiger partial charge in [-0.05, 0) is 38.4 Å². The molecule has 0 aromatic rings. The molecule has 0 atom stereocenters. The van der Waals surface area contributed by atoms with Crippen molar-refractivity contribution in [2.45, 2.75) is 19.8 Å². The van der Waals surface area contributed by atoms with Gasteiger partial charge in [-0.25, -0.2) is 0 Å². The smallest absolute Gasteiger partial charge is 0.0136 e. The first-order chi connectivity index (χ1) is 5.77. The molecule has 0 saturated carbocycles. The molecule has 0 aromatic carbocycles. The summed E-state index contributed by atoms with van der Waals surface area (Å²) in [6.45, 7) is 10.5. The number of nitrogens with zero attached hydrogens (tertiary/aromatic N) is 1. The van der Waals surface area contributed by atoms with Crippen molar-refractivity contribution in [3.63, 3.8) is 0 Å². The summed E-state index contributed by atoms with van der Waals surface area (Å²) in [5.41, 5.74) is 6.80. The van der Waals surface area contributed by atoms with Crippen molar-refractivity contribution in [1.82, 2.24) is 4.90 Å². The highest BCUT2D eigenvalue weighted by molar-refractivity contribution is 5.03. The van der Waals surface area contributed by atoms with Crippen molar-refractivity contribution in [2.75, 3.05) is 26.2 Å². The van der Waals surface area contributed by atoms with E-state index in [0.717, 1.165) is 0 Å². The fourth-order valence-corrected chi connectivity index (χ4v) is 1.82. The SMILES string of the molecule is C=C(CN)C1CCN(CC)CC1. The topological polar surface area (TPSA) is 29.3 Å². The first kappa shape index (κ1) is 9.75. The Bertz CT molecular complexity index is 146. The summed E-state index contributed by atoms with van der Waals surface area (Å²) in [7, 11) is 0. The van der Waals surface area contributed by atoms with E-state index in [9.17, 15) is 0 Å². The van der Waals surface area contributed by atoms with Crippen LogP contribution in [0.1, 0.15) is 19.8 Å². The molecule has 0 aromatic heterocycles. The van der Waals surface area contributed by atoms with Gasteiger partial charge in [-0.2, -0.15) is 0 Å². The van der Waals surface area contributed by atoms with E-state index in [1.54, 1.807) is 0 Å². The van der Waals surface area contributed by atoms with Crippen LogP contribution in [0.3, 0.4) is 0 Å². The minimum atomic E-state index is 0.663. The molecular formula is C10H20N2. The normalized spacial score (nSPS) is 21.2. The van der Waals surface area contributed by atoms with Gasteiger partial charge >= 0.3 is 0 Å². The Hall–Kier alpha value is -0.340. The zero-order chi connectivity index (χ0) is 8.97. The summed E-state index contributed by atoms with van der Waals surface area (Å²) in [6.07, 6.45) is 2.51. The molecule has 2 nitrogen and oxygen atoms in total. The Balaban J connectivity index is 2.30. The Labute approximate surface area is 75.4 Å². The summed E-state index contributed by atoms with van der Waals surface area (Å²) in [5, 5.41) is 0. The number of hydrogen-bond donors (Lipinski definition) is 1. The van der Waals surface area contributed by atoms with Gasteiger partial charge in [-0.3, -0.25) is 0 Å². The average molecular weight is 168 g/mol. The van der Waals surface area contributed by atoms with Gasteiger partial charge in [0, 0.05) is 6.54 Å². The minimum Gasteiger partial charge on any atom is -0.327 e. The van der Waals surface area contributed by atoms with Gasteiger partial charge in [0.05, 0.1) is 0 Å². The highest BCUT2D eigenvalue weighted by Crippen LogP contribution is 2.22. The van der Waals surface area contributed by atoms with Crippen molar-refractivity contribution >= 4 is 0 Å². The quantitative estimate of drug-likeness (QED) is 0.642. The summed E-state index contributed by atoms with van der Waals surface area (Å²) < 4.78 is 0. The second-order valence-corrected chi connectivity index (χ2v) is 3.57. The van der Waals surface area contributed by atoms with E-state index in [-0.39, 0.29) is 0 Å². The van der Waals surface area contributed by atoms with Gasteiger partial charge in [0.1, 0.15) is 0 Å². The highest BCUT2D eigenvalue weighted by Gasteiger charge is 2.18. The third-order valence-corrected chi connectivity index (χ3v) is 2.87. The fraction of sp³-hybridized carbons (Fsp3) is 0.800. The molecule has 2 N–H and O–H groups in total. The summed E-state index contributed by atoms with van der Waals surface area (Å²) in [5.74, 6) is 0.692. The van der Waals surface area contributed by atoms with Crippen molar-refractivity contribution in [3.8, 4) is 0 Å². The fourth-order valence-electron chi connectivity index (χ4n) is 1.82. The summed E-state index contributed by atoms with van der Waals surface area (Å²) >= 11 is 0. The van der Waals surface area contributed by atoms with Gasteiger partial charge in [0.15, 0.2) is 0 Å². The number of likely N-dealkylation sites (tertiary alicyclic amines) is 1. The molecule has 0 amide bonds. The lowest BCUT2D eigenvalue weighted by Crippen LogP contribution is -2.34. The first-order valence-corrected chi connectivity index (χ1v) is 4.88. The molecule has 12 heavy (non-hydrogen) atoms. The van der Waals surface area contributed by atoms with Gasteiger partial charge in [0.25, 0.3) is 0 Å². The Morgan fingerprint density at radius 2 is 2.08 bits per heavy atom. The van der Waals surface area contributed by atoms with E-state index < -0.39 is 0 Å². The van der Waals surface area contributed by atoms with Gasteiger partial charge < -0.3 is 10.6 Å². The maximum atomic E-state index is 5.56. The van der Waals surface area contributed by atoms with Crippen LogP contribution in [-0.2, 0) is 0 Å². The first-order valence-electron chi connectivity index (χ1n) is 4.88. The van der Waals surface area contributed by atoms with Crippen LogP contribution in [0.25, 0.3) is 0 Å². The lowest BCUT2D eigenvalue weighted by atomic mass is 9.90. The van der Waals surface area contributed by atoms with Gasteiger partial charge in [0.2, 0.25) is 0 Å². The predicted octanol–water partition coefficient (Wildman–Crippen LogP) is 1.23. The predicted molar refractivity (Wildman–Crippen MR) is 53.0 cm³/mol. The summed E-state index contributed by atoms with van der Waals surface area (Å²) in [6, 6.07) is 0. The van der Waals surface area contributed by atoms with Crippen LogP contribution in [0, 0.1) is 5.92 Å². The van der Waals surface area contributed by atoms with E-state index in [1.165, 1.54) is 38.0 Å². The van der Waals surface area contributed by atoms with Gasteiger partial charge in [-0.1, -0.05) is 19.1 Å². The molecule has 1 fully saturated rings. The standard InChI is InChI=1S/C10H20N2/c1-3-12-6-4-10(5-7-12)9(2)8-11/h10H,2-8,11H2,1H3. The highest BCUT2D eigenvalue weighted by atomic mass is 15.1. The minimum absolute atomic E-state index is 0.663. The Kier molecular flexibility index (Phi) is 3.76. The largest absolute Gasteiger partial charge is 0.327 e. The molecule has 1 saturated heterocycles. The van der Waals surface area contributed by atoms with Crippen LogP contribution in [0.15, 0.2) is 12.2 Å². The number of hydrogen-bond acceptors (Lipinski definition) is 2. The van der Waals surface area contributed by atoms with Crippen LogP contribution < -0.4 is 5.73 Å². The zero-order valence-corrected chi connectivity index (χ0v) is 8.05. The molecule has 1 aliphatic heterocycles. The molecule has 0 bridgehead atoms. The number of rotatable bonds is 3. The molecular weight excluding hydrogens is 148 g/mol. The molecule has 0 spiro atoms. The van der Waals surface area contributed by atoms with Crippen molar-refractivity contribution in [1.29, 1.82) is 0 Å². The maximum Gasteiger partial charge on any atom is 0.0136 e. The molecule has 0 radical (unpaired) electrons. The monoisotopic (exact) mass is 168 g/mol. The average Bonchev–Trinajstić information content (AvgIpc) is 2.17. The maximum absolute atomic E-state index is 5.56. The molecule has 0 aliphatic carbocycles. The molecule has 1 rings (SSSR count). The van der Waals surface area contributed by atoms with Crippen LogP contribution in [0.5, 0.6) is 0 Å². The van der Waals surface area contributed by atoms with Crippen molar-refractivity contribution in [2.24, 2.45) is 11.7 Å². The molecule has 0 unspecified atom stereocenters. The van der Waals surface area contributed by atoms with Crippen LogP contribution in [0.2, 0.25) is 0 Å². The van der Waals surface area contributed by atoms with E-state index in [4.69, 9.17) is 5.73 Å². The molecule has 70 valence electrons. The van der Waals surface area contributed by atoms with Crippen LogP contribution in [0.4, 0.5) is 0 Å². The van der Waals surface area contributed by atoms with Crippen molar-refractivity contribution < 1.29 is 0 Å². The lowest BCUT2D eigenvalue weighted by Gasteiger charge is -2.31. The summed E-state index contributed by atoms with van der Waals surface area (Å²) in [4.78, 5) is 2.49. The van der Waals surface area contributed by atoms with Gasteiger partial charge in [-0.15, -0.1) is 0 Å². The molecule has 1 heterocycles. The zero-order valence-electron chi connectivity index (χ0n) is 8.05.